The Morgan fingerprint density at radius 1 is 0.917 bits per heavy atom. The Balaban J connectivity index is 0.000000804. The summed E-state index contributed by atoms with van der Waals surface area (Å²) in [4.78, 5) is 40.6. The van der Waals surface area contributed by atoms with Gasteiger partial charge in [-0.15, -0.1) is 0 Å². The van der Waals surface area contributed by atoms with Crippen molar-refractivity contribution in [2.75, 3.05) is 59.0 Å². The Labute approximate surface area is 281 Å². The van der Waals surface area contributed by atoms with Crippen LogP contribution in [0.1, 0.15) is 31.4 Å². The molecule has 4 N–H and O–H groups in total. The van der Waals surface area contributed by atoms with Gasteiger partial charge in [-0.05, 0) is 60.4 Å². The average molecular weight is 693 g/mol. The van der Waals surface area contributed by atoms with Crippen LogP contribution in [0.15, 0.2) is 59.4 Å². The second-order valence-corrected chi connectivity index (χ2v) is 11.9. The number of carboxylic acid groups (broad SMARTS) is 1. The van der Waals surface area contributed by atoms with Crippen molar-refractivity contribution >= 4 is 44.2 Å². The number of carbonyl (C=O) groups excluding carboxylic acids is 1. The van der Waals surface area contributed by atoms with Gasteiger partial charge in [-0.3, -0.25) is 9.59 Å². The maximum Gasteiger partial charge on any atom is 0.490 e. The van der Waals surface area contributed by atoms with E-state index in [1.54, 1.807) is 6.07 Å². The molecule has 1 amide bonds. The minimum absolute atomic E-state index is 0.0926. The zero-order valence-electron chi connectivity index (χ0n) is 27.1. The van der Waals surface area contributed by atoms with Gasteiger partial charge in [0.25, 0.3) is 0 Å². The number of likely N-dealkylation sites (N-methyl/N-ethyl adjacent to an activating group) is 1. The Hall–Kier alpha value is -3.98. The number of aromatic nitrogens is 1. The fourth-order valence-corrected chi connectivity index (χ4v) is 6.00. The van der Waals surface area contributed by atoms with Crippen LogP contribution in [-0.2, 0) is 27.2 Å². The number of ether oxygens (including phenoxy) is 1. The van der Waals surface area contributed by atoms with Crippen molar-refractivity contribution in [1.82, 2.24) is 20.1 Å². The highest BCUT2D eigenvalue weighted by atomic mass is 32.1. The number of aromatic amines is 1. The molecular formula is C34H43F3N4O6S. The van der Waals surface area contributed by atoms with Crippen LogP contribution in [0.4, 0.5) is 13.2 Å². The molecule has 10 nitrogen and oxygen atoms in total. The predicted molar refractivity (Wildman–Crippen MR) is 182 cm³/mol. The summed E-state index contributed by atoms with van der Waals surface area (Å²) in [5.74, 6) is -2.55. The first-order chi connectivity index (χ1) is 22.9. The van der Waals surface area contributed by atoms with Gasteiger partial charge < -0.3 is 35.1 Å². The van der Waals surface area contributed by atoms with Gasteiger partial charge in [-0.2, -0.15) is 13.2 Å². The summed E-state index contributed by atoms with van der Waals surface area (Å²) in [5.41, 5.74) is 2.79. The number of aromatic hydroxyl groups is 1. The van der Waals surface area contributed by atoms with Gasteiger partial charge in [0.1, 0.15) is 11.3 Å². The normalized spacial score (nSPS) is 11.5. The lowest BCUT2D eigenvalue weighted by Gasteiger charge is -2.27. The second-order valence-electron chi connectivity index (χ2n) is 10.9. The summed E-state index contributed by atoms with van der Waals surface area (Å²) in [6.45, 7) is 10.7. The maximum atomic E-state index is 13.2. The first kappa shape index (κ1) is 38.5. The molecular weight excluding hydrogens is 649 g/mol. The molecule has 0 radical (unpaired) electrons. The lowest BCUT2D eigenvalue weighted by Crippen LogP contribution is -2.42. The van der Waals surface area contributed by atoms with Gasteiger partial charge in [-0.25, -0.2) is 4.79 Å². The van der Waals surface area contributed by atoms with E-state index in [1.165, 1.54) is 16.3 Å². The standard InChI is InChI=1S/C32H42N4O4S.C2HF3O2/c1-3-35(4-2)20-21-36(19-18-33-17-14-26-12-13-28(37)30-31(26)41-32(39)34-30)29(38)16-23-40-22-15-25-10-7-9-24-8-5-6-11-27(24)25;3-2(4,5)1(6)7/h5-13,33,37H,3-4,14-23H2,1-2H3,(H,34,39);(H,6,7). The highest BCUT2D eigenvalue weighted by Gasteiger charge is 2.38. The fraction of sp³-hybridized carbons (Fsp3) is 0.441. The molecule has 4 rings (SSSR count). The number of thiazole rings is 1. The smallest absolute Gasteiger partial charge is 0.490 e. The van der Waals surface area contributed by atoms with E-state index in [4.69, 9.17) is 14.6 Å². The number of phenolic OH excluding ortho intramolecular Hbond substituents is 1. The third-order valence-electron chi connectivity index (χ3n) is 7.80. The summed E-state index contributed by atoms with van der Waals surface area (Å²) in [5, 5.41) is 23.1. The van der Waals surface area contributed by atoms with E-state index in [9.17, 15) is 27.9 Å². The molecule has 0 saturated heterocycles. The Morgan fingerprint density at radius 3 is 2.33 bits per heavy atom. The molecule has 48 heavy (non-hydrogen) atoms. The Kier molecular flexibility index (Phi) is 15.3. The Bertz CT molecular complexity index is 1670. The molecule has 1 aromatic heterocycles. The molecule has 4 aromatic rings. The van der Waals surface area contributed by atoms with Crippen LogP contribution >= 0.6 is 11.3 Å². The molecule has 0 saturated carbocycles. The van der Waals surface area contributed by atoms with E-state index in [0.29, 0.717) is 51.3 Å². The van der Waals surface area contributed by atoms with E-state index in [2.05, 4.69) is 71.5 Å². The topological polar surface area (TPSA) is 135 Å². The van der Waals surface area contributed by atoms with Crippen LogP contribution in [0.2, 0.25) is 0 Å². The molecule has 262 valence electrons. The van der Waals surface area contributed by atoms with Crippen LogP contribution in [0, 0.1) is 0 Å². The van der Waals surface area contributed by atoms with Gasteiger partial charge in [0.05, 0.1) is 24.3 Å². The molecule has 3 aromatic carbocycles. The number of carboxylic acids is 1. The van der Waals surface area contributed by atoms with Crippen LogP contribution in [-0.4, -0.2) is 102 Å². The summed E-state index contributed by atoms with van der Waals surface area (Å²) in [6, 6.07) is 18.2. The number of phenols is 1. The fourth-order valence-electron chi connectivity index (χ4n) is 5.11. The van der Waals surface area contributed by atoms with Crippen LogP contribution in [0.25, 0.3) is 21.0 Å². The maximum absolute atomic E-state index is 13.2. The lowest BCUT2D eigenvalue weighted by molar-refractivity contribution is -0.192. The number of rotatable bonds is 17. The van der Waals surface area contributed by atoms with E-state index < -0.39 is 12.1 Å². The minimum atomic E-state index is -5.08. The van der Waals surface area contributed by atoms with Crippen molar-refractivity contribution in [2.45, 2.75) is 39.3 Å². The van der Waals surface area contributed by atoms with Crippen molar-refractivity contribution in [3.05, 3.63) is 75.4 Å². The number of carbonyl (C=O) groups is 2. The molecule has 0 fully saturated rings. The average Bonchev–Trinajstić information content (AvgIpc) is 3.47. The van der Waals surface area contributed by atoms with Gasteiger partial charge >= 0.3 is 17.0 Å². The second kappa shape index (κ2) is 19.1. The first-order valence-corrected chi connectivity index (χ1v) is 16.6. The summed E-state index contributed by atoms with van der Waals surface area (Å²) >= 11 is 1.12. The molecule has 0 aliphatic carbocycles. The predicted octanol–water partition coefficient (Wildman–Crippen LogP) is 5.03. The van der Waals surface area contributed by atoms with Gasteiger partial charge in [0, 0.05) is 26.2 Å². The number of hydrogen-bond donors (Lipinski definition) is 4. The number of nitrogens with one attached hydrogen (secondary N) is 2. The van der Waals surface area contributed by atoms with Gasteiger partial charge in [0.15, 0.2) is 0 Å². The molecule has 0 aliphatic heterocycles. The number of aliphatic carboxylic acids is 1. The lowest BCUT2D eigenvalue weighted by atomic mass is 10.0. The third kappa shape index (κ3) is 11.9. The summed E-state index contributed by atoms with van der Waals surface area (Å²) in [6.07, 6.45) is -3.17. The van der Waals surface area contributed by atoms with Crippen LogP contribution in [0.3, 0.4) is 0 Å². The molecule has 14 heteroatoms. The van der Waals surface area contributed by atoms with Crippen molar-refractivity contribution in [3.8, 4) is 5.75 Å². The first-order valence-electron chi connectivity index (χ1n) is 15.8. The van der Waals surface area contributed by atoms with Gasteiger partial charge in [-0.1, -0.05) is 73.7 Å². The van der Waals surface area contributed by atoms with Crippen LogP contribution in [0.5, 0.6) is 5.75 Å². The van der Waals surface area contributed by atoms with E-state index >= 15 is 0 Å². The number of hydrogen-bond acceptors (Lipinski definition) is 8. The number of H-pyrrole nitrogens is 1. The number of amides is 1. The van der Waals surface area contributed by atoms with Crippen LogP contribution < -0.4 is 10.2 Å². The largest absolute Gasteiger partial charge is 0.506 e. The zero-order valence-corrected chi connectivity index (χ0v) is 28.0. The monoisotopic (exact) mass is 692 g/mol. The molecule has 0 unspecified atom stereocenters. The summed E-state index contributed by atoms with van der Waals surface area (Å²) in [7, 11) is 0. The zero-order chi connectivity index (χ0) is 35.1. The molecule has 0 bridgehead atoms. The number of alkyl halides is 3. The van der Waals surface area contributed by atoms with Crippen molar-refractivity contribution in [2.24, 2.45) is 0 Å². The number of benzene rings is 3. The molecule has 1 heterocycles. The third-order valence-corrected chi connectivity index (χ3v) is 8.76. The summed E-state index contributed by atoms with van der Waals surface area (Å²) < 4.78 is 38.4. The quantitative estimate of drug-likeness (QED) is 0.113. The van der Waals surface area contributed by atoms with Gasteiger partial charge in [0.2, 0.25) is 5.91 Å². The minimum Gasteiger partial charge on any atom is -0.506 e. The van der Waals surface area contributed by atoms with E-state index in [1.807, 2.05) is 11.0 Å². The SMILES string of the molecule is CCN(CC)CCN(CCNCCc1ccc(O)c2[nH]c(=O)sc12)C(=O)CCOCCc1cccc2ccccc12.O=C(O)C(F)(F)F. The van der Waals surface area contributed by atoms with Crippen molar-refractivity contribution in [3.63, 3.8) is 0 Å². The van der Waals surface area contributed by atoms with Crippen molar-refractivity contribution < 1.29 is 37.7 Å². The molecule has 0 spiro atoms. The molecule has 0 atom stereocenters. The van der Waals surface area contributed by atoms with E-state index in [0.717, 1.165) is 54.1 Å². The highest BCUT2D eigenvalue weighted by molar-refractivity contribution is 7.16. The van der Waals surface area contributed by atoms with Crippen molar-refractivity contribution in [1.29, 1.82) is 0 Å². The van der Waals surface area contributed by atoms with E-state index in [-0.39, 0.29) is 16.5 Å². The number of fused-ring (bicyclic) bond motifs is 2. The molecule has 0 aliphatic rings. The number of nitrogens with zero attached hydrogens (tertiary/aromatic N) is 2. The Morgan fingerprint density at radius 2 is 1.62 bits per heavy atom. The number of halogens is 3. The highest BCUT2D eigenvalue weighted by Crippen LogP contribution is 2.28.